The van der Waals surface area contributed by atoms with Crippen LogP contribution in [-0.2, 0) is 7.05 Å². The van der Waals surface area contributed by atoms with Crippen LogP contribution in [0, 0.1) is 11.3 Å². The molecule has 0 atom stereocenters. The van der Waals surface area contributed by atoms with Gasteiger partial charge in [0.15, 0.2) is 0 Å². The number of fused-ring (bicyclic) bond motifs is 1. The van der Waals surface area contributed by atoms with Crippen molar-refractivity contribution in [2.24, 2.45) is 7.05 Å². The molecule has 29 heavy (non-hydrogen) atoms. The first-order valence-corrected chi connectivity index (χ1v) is 9.26. The van der Waals surface area contributed by atoms with Gasteiger partial charge in [0, 0.05) is 18.8 Å². The summed E-state index contributed by atoms with van der Waals surface area (Å²) in [6.45, 7) is 0. The lowest BCUT2D eigenvalue weighted by atomic mass is 10.1. The van der Waals surface area contributed by atoms with Gasteiger partial charge in [0.1, 0.15) is 11.6 Å². The summed E-state index contributed by atoms with van der Waals surface area (Å²) in [5.41, 5.74) is 5.85. The van der Waals surface area contributed by atoms with Gasteiger partial charge >= 0.3 is 0 Å². The van der Waals surface area contributed by atoms with Gasteiger partial charge in [0.2, 0.25) is 0 Å². The number of aromatic nitrogens is 4. The highest BCUT2D eigenvalue weighted by molar-refractivity contribution is 5.85. The van der Waals surface area contributed by atoms with Crippen molar-refractivity contribution >= 4 is 35.1 Å². The Morgan fingerprint density at radius 3 is 2.72 bits per heavy atom. The van der Waals surface area contributed by atoms with Crippen molar-refractivity contribution in [1.29, 1.82) is 5.26 Å². The molecule has 0 aliphatic heterocycles. The molecule has 1 aliphatic rings. The van der Waals surface area contributed by atoms with Gasteiger partial charge in [-0.3, -0.25) is 0 Å². The number of halogens is 1. The van der Waals surface area contributed by atoms with E-state index >= 15 is 0 Å². The second-order valence-electron chi connectivity index (χ2n) is 7.17. The molecule has 0 saturated heterocycles. The number of imidazole rings is 1. The highest BCUT2D eigenvalue weighted by atomic mass is 35.5. The van der Waals surface area contributed by atoms with Crippen LogP contribution in [0.15, 0.2) is 55.0 Å². The highest BCUT2D eigenvalue weighted by Gasteiger charge is 2.25. The molecule has 144 valence electrons. The van der Waals surface area contributed by atoms with Crippen LogP contribution in [0.3, 0.4) is 0 Å². The fourth-order valence-corrected chi connectivity index (χ4v) is 3.41. The third-order valence-corrected chi connectivity index (χ3v) is 5.06. The molecule has 1 N–H and O–H groups in total. The predicted molar refractivity (Wildman–Crippen MR) is 115 cm³/mol. The van der Waals surface area contributed by atoms with E-state index in [1.807, 2.05) is 17.9 Å². The number of nitrogens with zero attached hydrogens (tertiary/aromatic N) is 5. The molecule has 0 unspecified atom stereocenters. The molecule has 1 aromatic carbocycles. The molecule has 7 heteroatoms. The van der Waals surface area contributed by atoms with Crippen LogP contribution >= 0.6 is 12.4 Å². The summed E-state index contributed by atoms with van der Waals surface area (Å²) in [4.78, 5) is 13.6. The van der Waals surface area contributed by atoms with Crippen molar-refractivity contribution in [3.05, 3.63) is 66.1 Å². The van der Waals surface area contributed by atoms with Crippen molar-refractivity contribution in [3.8, 4) is 17.3 Å². The molecular weight excluding hydrogens is 384 g/mol. The van der Waals surface area contributed by atoms with E-state index in [1.54, 1.807) is 18.3 Å². The van der Waals surface area contributed by atoms with E-state index in [9.17, 15) is 0 Å². The average molecular weight is 403 g/mol. The van der Waals surface area contributed by atoms with Gasteiger partial charge in [-0.25, -0.2) is 15.0 Å². The summed E-state index contributed by atoms with van der Waals surface area (Å²) in [5.74, 6) is 1.95. The first-order valence-electron chi connectivity index (χ1n) is 9.26. The SMILES string of the molecule is Cl.Cn1cnc2cc(-c3cc(C4CC4)cc(Nc4cc(C#N)ccn4)n3)ccc21. The standard InChI is InChI=1S/C22H18N6.ClH/c1-28-13-25-19-9-16(4-5-20(19)28)18-10-17(15-2-3-15)11-22(26-18)27-21-8-14(12-23)6-7-24-21;/h4-11,13,15H,2-3H2,1H3,(H,24,26,27);1H. The molecule has 1 saturated carbocycles. The van der Waals surface area contributed by atoms with Gasteiger partial charge in [-0.1, -0.05) is 6.07 Å². The topological polar surface area (TPSA) is 79.4 Å². The third-order valence-electron chi connectivity index (χ3n) is 5.06. The Morgan fingerprint density at radius 1 is 1.07 bits per heavy atom. The maximum absolute atomic E-state index is 9.11. The second-order valence-corrected chi connectivity index (χ2v) is 7.17. The number of nitriles is 1. The van der Waals surface area contributed by atoms with Crippen LogP contribution in [-0.4, -0.2) is 19.5 Å². The van der Waals surface area contributed by atoms with E-state index in [0.29, 0.717) is 17.3 Å². The number of benzene rings is 1. The summed E-state index contributed by atoms with van der Waals surface area (Å²) < 4.78 is 2.01. The third kappa shape index (κ3) is 3.78. The summed E-state index contributed by atoms with van der Waals surface area (Å²) in [5, 5.41) is 12.4. The molecule has 4 aromatic rings. The summed E-state index contributed by atoms with van der Waals surface area (Å²) >= 11 is 0. The minimum absolute atomic E-state index is 0. The number of nitrogens with one attached hydrogen (secondary N) is 1. The number of rotatable bonds is 4. The van der Waals surface area contributed by atoms with Gasteiger partial charge < -0.3 is 9.88 Å². The summed E-state index contributed by atoms with van der Waals surface area (Å²) in [7, 11) is 1.99. The Labute approximate surface area is 174 Å². The molecule has 0 radical (unpaired) electrons. The molecule has 0 bridgehead atoms. The van der Waals surface area contributed by atoms with Crippen molar-refractivity contribution in [1.82, 2.24) is 19.5 Å². The molecular formula is C22H19ClN6. The van der Waals surface area contributed by atoms with Crippen molar-refractivity contribution < 1.29 is 0 Å². The number of hydrogen-bond donors (Lipinski definition) is 1. The maximum Gasteiger partial charge on any atom is 0.132 e. The van der Waals surface area contributed by atoms with E-state index in [4.69, 9.17) is 10.2 Å². The van der Waals surface area contributed by atoms with Gasteiger partial charge in [0.25, 0.3) is 0 Å². The van der Waals surface area contributed by atoms with E-state index < -0.39 is 0 Å². The maximum atomic E-state index is 9.11. The number of pyridine rings is 2. The average Bonchev–Trinajstić information content (AvgIpc) is 3.51. The Balaban J connectivity index is 0.00000205. The van der Waals surface area contributed by atoms with Gasteiger partial charge in [-0.15, -0.1) is 12.4 Å². The van der Waals surface area contributed by atoms with Gasteiger partial charge in [0.05, 0.1) is 34.7 Å². The zero-order valence-electron chi connectivity index (χ0n) is 15.8. The van der Waals surface area contributed by atoms with Crippen molar-refractivity contribution in [2.45, 2.75) is 18.8 Å². The first kappa shape index (κ1) is 18.9. The lowest BCUT2D eigenvalue weighted by molar-refractivity contribution is 0.948. The quantitative estimate of drug-likeness (QED) is 0.522. The Hall–Kier alpha value is -3.43. The molecule has 1 fully saturated rings. The van der Waals surface area contributed by atoms with Crippen LogP contribution in [0.25, 0.3) is 22.3 Å². The number of hydrogen-bond acceptors (Lipinski definition) is 5. The Bertz CT molecular complexity index is 1240. The molecule has 0 spiro atoms. The number of aryl methyl sites for hydroxylation is 1. The zero-order valence-corrected chi connectivity index (χ0v) is 16.6. The molecule has 0 amide bonds. The van der Waals surface area contributed by atoms with Crippen LogP contribution in [0.1, 0.15) is 29.9 Å². The second kappa shape index (κ2) is 7.53. The lowest BCUT2D eigenvalue weighted by Crippen LogP contribution is -1.99. The van der Waals surface area contributed by atoms with Crippen LogP contribution in [0.4, 0.5) is 11.6 Å². The van der Waals surface area contributed by atoms with Crippen molar-refractivity contribution in [2.75, 3.05) is 5.32 Å². The summed E-state index contributed by atoms with van der Waals surface area (Å²) in [6.07, 6.45) is 5.87. The smallest absolute Gasteiger partial charge is 0.132 e. The highest BCUT2D eigenvalue weighted by Crippen LogP contribution is 2.42. The minimum Gasteiger partial charge on any atom is -0.334 e. The van der Waals surface area contributed by atoms with Gasteiger partial charge in [-0.2, -0.15) is 5.26 Å². The van der Waals surface area contributed by atoms with Crippen LogP contribution in [0.5, 0.6) is 0 Å². The lowest BCUT2D eigenvalue weighted by Gasteiger charge is -2.11. The predicted octanol–water partition coefficient (Wildman–Crippen LogP) is 4.94. The molecule has 6 nitrogen and oxygen atoms in total. The molecule has 1 aliphatic carbocycles. The number of anilines is 2. The van der Waals surface area contributed by atoms with E-state index in [2.05, 4.69) is 51.7 Å². The molecule has 3 aromatic heterocycles. The Kier molecular flexibility index (Phi) is 4.91. The van der Waals surface area contributed by atoms with Gasteiger partial charge in [-0.05, 0) is 60.7 Å². The fourth-order valence-electron chi connectivity index (χ4n) is 3.41. The summed E-state index contributed by atoms with van der Waals surface area (Å²) in [6, 6.07) is 16.0. The Morgan fingerprint density at radius 2 is 1.93 bits per heavy atom. The van der Waals surface area contributed by atoms with E-state index in [0.717, 1.165) is 28.1 Å². The van der Waals surface area contributed by atoms with Crippen LogP contribution in [0.2, 0.25) is 0 Å². The monoisotopic (exact) mass is 402 g/mol. The van der Waals surface area contributed by atoms with Crippen LogP contribution < -0.4 is 5.32 Å². The minimum atomic E-state index is 0. The molecule has 3 heterocycles. The van der Waals surface area contributed by atoms with E-state index in [1.165, 1.54) is 18.4 Å². The van der Waals surface area contributed by atoms with E-state index in [-0.39, 0.29) is 12.4 Å². The van der Waals surface area contributed by atoms with Crippen molar-refractivity contribution in [3.63, 3.8) is 0 Å². The molecule has 5 rings (SSSR count). The normalized spacial score (nSPS) is 13.0. The zero-order chi connectivity index (χ0) is 19.1. The first-order chi connectivity index (χ1) is 13.7. The fraction of sp³-hybridized carbons (Fsp3) is 0.182. The largest absolute Gasteiger partial charge is 0.334 e.